The molecule has 0 aliphatic heterocycles. The van der Waals surface area contributed by atoms with Gasteiger partial charge in [0, 0.05) is 11.1 Å². The summed E-state index contributed by atoms with van der Waals surface area (Å²) in [6.45, 7) is 45.6. The van der Waals surface area contributed by atoms with Crippen molar-refractivity contribution in [1.82, 2.24) is 30.0 Å². The van der Waals surface area contributed by atoms with Gasteiger partial charge in [-0.1, -0.05) is 10.4 Å². The zero-order valence-electron chi connectivity index (χ0n) is 38.2. The first-order valence-corrected chi connectivity index (χ1v) is 20.6. The molecule has 1 aliphatic rings. The highest BCUT2D eigenvalue weighted by Crippen LogP contribution is 2.60. The van der Waals surface area contributed by atoms with Gasteiger partial charge in [0.25, 0.3) is 0 Å². The van der Waals surface area contributed by atoms with Gasteiger partial charge in [0.15, 0.2) is 0 Å². The van der Waals surface area contributed by atoms with Gasteiger partial charge in [-0.2, -0.15) is 0 Å². The summed E-state index contributed by atoms with van der Waals surface area (Å²) < 4.78 is 4.55. The van der Waals surface area contributed by atoms with Crippen molar-refractivity contribution in [2.24, 2.45) is 0 Å². The third-order valence-corrected chi connectivity index (χ3v) is 15.9. The Morgan fingerprint density at radius 1 is 0.263 bits per heavy atom. The Bertz CT molecular complexity index is 2870. The molecule has 6 nitrogen and oxygen atoms in total. The Hall–Kier alpha value is -5.10. The number of benzene rings is 5. The Morgan fingerprint density at radius 3 is 0.947 bits per heavy atom. The molecule has 7 aromatic rings. The van der Waals surface area contributed by atoms with Gasteiger partial charge in [0.2, 0.25) is 5.66 Å². The highest BCUT2D eigenvalue weighted by Gasteiger charge is 2.55. The predicted molar refractivity (Wildman–Crippen MR) is 239 cm³/mol. The minimum Gasteiger partial charge on any atom is -0.208 e. The molecule has 2 heterocycles. The van der Waals surface area contributed by atoms with E-state index in [0.29, 0.717) is 0 Å². The molecule has 0 saturated heterocycles. The predicted octanol–water partition coefficient (Wildman–Crippen LogP) is 12.3. The Balaban J connectivity index is 1.77. The molecule has 1 aliphatic carbocycles. The Labute approximate surface area is 339 Å². The zero-order valence-corrected chi connectivity index (χ0v) is 38.2. The fourth-order valence-electron chi connectivity index (χ4n) is 10.9. The molecule has 0 bridgehead atoms. The molecule has 2 aromatic heterocycles. The minimum atomic E-state index is -1.08. The number of hydrogen-bond donors (Lipinski definition) is 0. The molecule has 6 heteroatoms. The summed E-state index contributed by atoms with van der Waals surface area (Å²) in [6, 6.07) is 0. The molecular formula is C51H60N6. The molecule has 294 valence electrons. The van der Waals surface area contributed by atoms with Crippen LogP contribution in [-0.4, -0.2) is 30.0 Å². The first-order chi connectivity index (χ1) is 26.7. The van der Waals surface area contributed by atoms with Gasteiger partial charge in [-0.05, 0) is 272 Å². The van der Waals surface area contributed by atoms with Crippen molar-refractivity contribution in [3.63, 3.8) is 0 Å². The fraction of sp³-hybridized carbons (Fsp3) is 0.412. The normalized spacial score (nSPS) is 13.4. The molecule has 0 amide bonds. The SMILES string of the molecule is Cc1c(C)c(C)c(-c2c(C)c(C)c3c(c2C)C(n2nnc4c(C)c(C)c(C)c(C)c42)(n2nnc4c(C)c(C)c(C)c(C)c42)c2c(C)c(C)c(C)c(C)c2-3)c(C)c1C. The van der Waals surface area contributed by atoms with Crippen LogP contribution in [-0.2, 0) is 5.66 Å². The van der Waals surface area contributed by atoms with E-state index in [0.717, 1.165) is 33.2 Å². The van der Waals surface area contributed by atoms with E-state index in [1.54, 1.807) is 0 Å². The average molecular weight is 757 g/mol. The first-order valence-electron chi connectivity index (χ1n) is 20.6. The van der Waals surface area contributed by atoms with E-state index in [1.165, 1.54) is 134 Å². The van der Waals surface area contributed by atoms with Crippen molar-refractivity contribution >= 4 is 22.1 Å². The van der Waals surface area contributed by atoms with Crippen LogP contribution in [0.4, 0.5) is 0 Å². The minimum absolute atomic E-state index is 0.936. The van der Waals surface area contributed by atoms with E-state index >= 15 is 0 Å². The van der Waals surface area contributed by atoms with Crippen molar-refractivity contribution in [2.75, 3.05) is 0 Å². The lowest BCUT2D eigenvalue weighted by molar-refractivity contribution is 0.306. The summed E-state index contributed by atoms with van der Waals surface area (Å²) >= 11 is 0. The quantitative estimate of drug-likeness (QED) is 0.180. The third-order valence-electron chi connectivity index (χ3n) is 15.9. The monoisotopic (exact) mass is 756 g/mol. The van der Waals surface area contributed by atoms with Crippen LogP contribution in [0.5, 0.6) is 0 Å². The number of aryl methyl sites for hydroxylation is 4. The van der Waals surface area contributed by atoms with E-state index in [2.05, 4.69) is 148 Å². The van der Waals surface area contributed by atoms with E-state index in [4.69, 9.17) is 20.6 Å². The molecule has 5 aromatic carbocycles. The van der Waals surface area contributed by atoms with Gasteiger partial charge in [-0.15, -0.1) is 10.2 Å². The molecule has 0 unspecified atom stereocenters. The molecule has 57 heavy (non-hydrogen) atoms. The van der Waals surface area contributed by atoms with Crippen molar-refractivity contribution in [1.29, 1.82) is 0 Å². The maximum absolute atomic E-state index is 5.38. The number of aromatic nitrogens is 6. The van der Waals surface area contributed by atoms with E-state index < -0.39 is 5.66 Å². The largest absolute Gasteiger partial charge is 0.211 e. The van der Waals surface area contributed by atoms with Gasteiger partial charge >= 0.3 is 0 Å². The van der Waals surface area contributed by atoms with Crippen molar-refractivity contribution in [3.05, 3.63) is 122 Å². The Kier molecular flexibility index (Phi) is 8.47. The smallest absolute Gasteiger partial charge is 0.208 e. The van der Waals surface area contributed by atoms with E-state index in [-0.39, 0.29) is 0 Å². The van der Waals surface area contributed by atoms with Crippen molar-refractivity contribution in [2.45, 2.75) is 144 Å². The number of rotatable bonds is 3. The molecular weight excluding hydrogens is 697 g/mol. The molecule has 0 radical (unpaired) electrons. The van der Waals surface area contributed by atoms with Crippen LogP contribution in [0.25, 0.3) is 44.3 Å². The second-order valence-corrected chi connectivity index (χ2v) is 17.8. The number of fused-ring (bicyclic) bond motifs is 5. The van der Waals surface area contributed by atoms with Crippen molar-refractivity contribution in [3.8, 4) is 22.3 Å². The van der Waals surface area contributed by atoms with Crippen molar-refractivity contribution < 1.29 is 0 Å². The summed E-state index contributed by atoms with van der Waals surface area (Å²) in [5.41, 5.74) is 36.1. The van der Waals surface area contributed by atoms with E-state index in [1.807, 2.05) is 0 Å². The van der Waals surface area contributed by atoms with Crippen LogP contribution in [0.15, 0.2) is 0 Å². The van der Waals surface area contributed by atoms with Gasteiger partial charge < -0.3 is 0 Å². The number of hydrogen-bond acceptors (Lipinski definition) is 4. The van der Waals surface area contributed by atoms with Crippen LogP contribution < -0.4 is 0 Å². The maximum Gasteiger partial charge on any atom is 0.211 e. The molecule has 0 spiro atoms. The molecule has 0 N–H and O–H groups in total. The molecule has 8 rings (SSSR count). The van der Waals surface area contributed by atoms with Gasteiger partial charge in [0.05, 0.1) is 11.0 Å². The summed E-state index contributed by atoms with van der Waals surface area (Å²) in [5, 5.41) is 21.0. The van der Waals surface area contributed by atoms with Crippen LogP contribution in [0.2, 0.25) is 0 Å². The van der Waals surface area contributed by atoms with Crippen LogP contribution >= 0.6 is 0 Å². The lowest BCUT2D eigenvalue weighted by atomic mass is 9.78. The molecule has 0 saturated carbocycles. The highest BCUT2D eigenvalue weighted by molar-refractivity contribution is 5.97. The van der Waals surface area contributed by atoms with Crippen LogP contribution in [0.1, 0.15) is 122 Å². The second-order valence-electron chi connectivity index (χ2n) is 17.8. The van der Waals surface area contributed by atoms with Crippen LogP contribution in [0, 0.1) is 138 Å². The third kappa shape index (κ3) is 4.48. The first kappa shape index (κ1) is 38.8. The average Bonchev–Trinajstić information content (AvgIpc) is 3.92. The Morgan fingerprint density at radius 2 is 0.526 bits per heavy atom. The van der Waals surface area contributed by atoms with Gasteiger partial charge in [0.1, 0.15) is 11.0 Å². The number of nitrogens with zero attached hydrogens (tertiary/aromatic N) is 6. The zero-order chi connectivity index (χ0) is 41.8. The lowest BCUT2D eigenvalue weighted by Gasteiger charge is -2.37. The molecule has 0 fully saturated rings. The van der Waals surface area contributed by atoms with Gasteiger partial charge in [-0.25, -0.2) is 9.36 Å². The van der Waals surface area contributed by atoms with Crippen LogP contribution in [0.3, 0.4) is 0 Å². The second kappa shape index (κ2) is 12.4. The fourth-order valence-corrected chi connectivity index (χ4v) is 10.9. The van der Waals surface area contributed by atoms with Gasteiger partial charge in [-0.3, -0.25) is 0 Å². The maximum atomic E-state index is 5.38. The lowest BCUT2D eigenvalue weighted by Crippen LogP contribution is -2.45. The topological polar surface area (TPSA) is 61.4 Å². The summed E-state index contributed by atoms with van der Waals surface area (Å²) in [4.78, 5) is 0. The molecule has 0 atom stereocenters. The summed E-state index contributed by atoms with van der Waals surface area (Å²) in [5.74, 6) is 0. The highest BCUT2D eigenvalue weighted by atomic mass is 15.6. The standard InChI is InChI=1S/C51H60N6/c1-21-22(2)30(10)41(31(11)23(21)3)42-33(13)34(14)44-43-32(12)24(4)25(5)35(15)45(43)51(46(44)40(42)20,56-49-38(18)28(8)26(6)36(16)47(49)52-54-56)57-50-39(19)29(9)27(7)37(17)48(50)53-55-57/h1-20H3. The van der Waals surface area contributed by atoms with E-state index in [9.17, 15) is 0 Å². The summed E-state index contributed by atoms with van der Waals surface area (Å²) in [6.07, 6.45) is 0. The summed E-state index contributed by atoms with van der Waals surface area (Å²) in [7, 11) is 0.